The molecule has 1 aromatic heterocycles. The van der Waals surface area contributed by atoms with Crippen LogP contribution in [0.15, 0.2) is 69.9 Å². The van der Waals surface area contributed by atoms with E-state index in [0.717, 1.165) is 17.5 Å². The summed E-state index contributed by atoms with van der Waals surface area (Å²) in [5.41, 5.74) is 3.77. The molecule has 6 heteroatoms. The van der Waals surface area contributed by atoms with E-state index in [1.807, 2.05) is 37.3 Å². The monoisotopic (exact) mass is 441 g/mol. The Morgan fingerprint density at radius 3 is 2.48 bits per heavy atom. The summed E-state index contributed by atoms with van der Waals surface area (Å²) in [7, 11) is 1.46. The Hall–Kier alpha value is -4.06. The van der Waals surface area contributed by atoms with Gasteiger partial charge in [-0.25, -0.2) is 0 Å². The van der Waals surface area contributed by atoms with Crippen molar-refractivity contribution in [2.75, 3.05) is 12.0 Å². The molecule has 1 unspecified atom stereocenters. The van der Waals surface area contributed by atoms with E-state index in [1.54, 1.807) is 29.2 Å². The van der Waals surface area contributed by atoms with Crippen molar-refractivity contribution in [1.82, 2.24) is 0 Å². The summed E-state index contributed by atoms with van der Waals surface area (Å²) in [4.78, 5) is 28.9. The van der Waals surface area contributed by atoms with E-state index in [-0.39, 0.29) is 34.2 Å². The maximum Gasteiger partial charge on any atom is 0.295 e. The second-order valence-corrected chi connectivity index (χ2v) is 8.20. The molecule has 33 heavy (non-hydrogen) atoms. The molecule has 1 atom stereocenters. The van der Waals surface area contributed by atoms with E-state index >= 15 is 0 Å². The lowest BCUT2D eigenvalue weighted by molar-refractivity contribution is 0.0971. The van der Waals surface area contributed by atoms with E-state index < -0.39 is 6.04 Å². The minimum absolute atomic E-state index is 0.0224. The largest absolute Gasteiger partial charge is 0.504 e. The Bertz CT molecular complexity index is 1450. The number of fused-ring (bicyclic) bond motifs is 2. The maximum atomic E-state index is 13.7. The van der Waals surface area contributed by atoms with E-state index in [0.29, 0.717) is 22.2 Å². The molecule has 0 fully saturated rings. The lowest BCUT2D eigenvalue weighted by Crippen LogP contribution is -2.29. The molecule has 166 valence electrons. The van der Waals surface area contributed by atoms with Gasteiger partial charge in [-0.3, -0.25) is 14.5 Å². The molecule has 6 nitrogen and oxygen atoms in total. The van der Waals surface area contributed by atoms with Crippen LogP contribution in [0.5, 0.6) is 11.5 Å². The molecule has 3 aromatic carbocycles. The van der Waals surface area contributed by atoms with E-state index in [1.165, 1.54) is 13.2 Å². The first kappa shape index (κ1) is 20.8. The highest BCUT2D eigenvalue weighted by Crippen LogP contribution is 2.43. The second-order valence-electron chi connectivity index (χ2n) is 8.20. The Morgan fingerprint density at radius 2 is 1.79 bits per heavy atom. The number of hydrogen-bond donors (Lipinski definition) is 1. The molecule has 0 bridgehead atoms. The number of carbonyl (C=O) groups is 1. The zero-order valence-corrected chi connectivity index (χ0v) is 18.6. The third-order valence-electron chi connectivity index (χ3n) is 6.17. The molecule has 5 rings (SSSR count). The summed E-state index contributed by atoms with van der Waals surface area (Å²) < 4.78 is 11.3. The van der Waals surface area contributed by atoms with Gasteiger partial charge < -0.3 is 14.3 Å². The van der Waals surface area contributed by atoms with Gasteiger partial charge in [-0.15, -0.1) is 0 Å². The number of phenols is 1. The van der Waals surface area contributed by atoms with Crippen molar-refractivity contribution in [1.29, 1.82) is 0 Å². The van der Waals surface area contributed by atoms with E-state index in [2.05, 4.69) is 6.92 Å². The molecular formula is C27H23NO5. The van der Waals surface area contributed by atoms with Crippen LogP contribution in [0.3, 0.4) is 0 Å². The third-order valence-corrected chi connectivity index (χ3v) is 6.17. The number of amides is 1. The molecule has 0 radical (unpaired) electrons. The molecule has 1 aliphatic rings. The van der Waals surface area contributed by atoms with Crippen LogP contribution in [0.1, 0.15) is 45.8 Å². The highest BCUT2D eigenvalue weighted by molar-refractivity contribution is 6.10. The van der Waals surface area contributed by atoms with Gasteiger partial charge in [0.2, 0.25) is 5.76 Å². The molecule has 0 aliphatic carbocycles. The van der Waals surface area contributed by atoms with Gasteiger partial charge in [-0.2, -0.15) is 0 Å². The van der Waals surface area contributed by atoms with Crippen molar-refractivity contribution in [3.05, 3.63) is 98.9 Å². The summed E-state index contributed by atoms with van der Waals surface area (Å²) >= 11 is 0. The molecule has 0 spiro atoms. The minimum atomic E-state index is -0.726. The van der Waals surface area contributed by atoms with Crippen molar-refractivity contribution in [2.45, 2.75) is 26.3 Å². The average Bonchev–Trinajstić information content (AvgIpc) is 3.12. The molecule has 1 aliphatic heterocycles. The van der Waals surface area contributed by atoms with Crippen LogP contribution >= 0.6 is 0 Å². The first-order valence-electron chi connectivity index (χ1n) is 10.8. The van der Waals surface area contributed by atoms with Gasteiger partial charge in [0.25, 0.3) is 5.91 Å². The number of nitrogens with zero attached hydrogens (tertiary/aromatic N) is 1. The Labute approximate surface area is 190 Å². The van der Waals surface area contributed by atoms with Crippen molar-refractivity contribution in [2.24, 2.45) is 0 Å². The first-order chi connectivity index (χ1) is 15.9. The average molecular weight is 441 g/mol. The van der Waals surface area contributed by atoms with E-state index in [9.17, 15) is 14.7 Å². The van der Waals surface area contributed by atoms with Crippen LogP contribution in [-0.2, 0) is 6.42 Å². The van der Waals surface area contributed by atoms with Gasteiger partial charge in [-0.05, 0) is 60.9 Å². The molecule has 4 aromatic rings. The SMILES string of the molecule is CCc1ccc(N2C(=O)c3oc4ccc(C)cc4c(=O)c3C2c2ccc(O)c(OC)c2)cc1. The van der Waals surface area contributed by atoms with Crippen molar-refractivity contribution in [3.63, 3.8) is 0 Å². The summed E-state index contributed by atoms with van der Waals surface area (Å²) in [6, 6.07) is 17.1. The van der Waals surface area contributed by atoms with Gasteiger partial charge in [0.15, 0.2) is 16.9 Å². The van der Waals surface area contributed by atoms with Crippen molar-refractivity contribution >= 4 is 22.6 Å². The van der Waals surface area contributed by atoms with Crippen molar-refractivity contribution in [3.8, 4) is 11.5 Å². The minimum Gasteiger partial charge on any atom is -0.504 e. The Balaban J connectivity index is 1.80. The number of aromatic hydroxyl groups is 1. The van der Waals surface area contributed by atoms with Crippen molar-refractivity contribution < 1.29 is 19.1 Å². The van der Waals surface area contributed by atoms with Gasteiger partial charge in [-0.1, -0.05) is 36.8 Å². The smallest absolute Gasteiger partial charge is 0.295 e. The quantitative estimate of drug-likeness (QED) is 0.475. The number of rotatable bonds is 4. The topological polar surface area (TPSA) is 80.0 Å². The lowest BCUT2D eigenvalue weighted by Gasteiger charge is -2.26. The number of methoxy groups -OCH3 is 1. The van der Waals surface area contributed by atoms with Crippen LogP contribution in [-0.4, -0.2) is 18.1 Å². The summed E-state index contributed by atoms with van der Waals surface area (Å²) in [6.07, 6.45) is 0.873. The number of benzene rings is 3. The first-order valence-corrected chi connectivity index (χ1v) is 10.8. The standard InChI is InChI=1S/C27H23NO5/c1-4-16-6-9-18(10-7-16)28-24(17-8-11-20(29)22(14-17)32-3)23-25(30)19-13-15(2)5-12-21(19)33-26(23)27(28)31/h5-14,24,29H,4H2,1-3H3. The maximum absolute atomic E-state index is 13.7. The van der Waals surface area contributed by atoms with Crippen LogP contribution in [0.2, 0.25) is 0 Å². The van der Waals surface area contributed by atoms with Gasteiger partial charge in [0.1, 0.15) is 5.58 Å². The van der Waals surface area contributed by atoms with Crippen LogP contribution in [0, 0.1) is 6.92 Å². The zero-order valence-electron chi connectivity index (χ0n) is 18.6. The number of aryl methyl sites for hydroxylation is 2. The van der Waals surface area contributed by atoms with Crippen LogP contribution in [0.25, 0.3) is 11.0 Å². The summed E-state index contributed by atoms with van der Waals surface area (Å²) in [5, 5.41) is 10.5. The third kappa shape index (κ3) is 3.26. The fraction of sp³-hybridized carbons (Fsp3) is 0.185. The number of ether oxygens (including phenoxy) is 1. The predicted octanol–water partition coefficient (Wildman–Crippen LogP) is 5.13. The van der Waals surface area contributed by atoms with Gasteiger partial charge in [0.05, 0.1) is 24.1 Å². The molecule has 0 saturated carbocycles. The summed E-state index contributed by atoms with van der Waals surface area (Å²) in [5.74, 6) is -0.111. The number of hydrogen-bond acceptors (Lipinski definition) is 5. The number of anilines is 1. The normalized spacial score (nSPS) is 15.2. The second kappa shape index (κ2) is 7.81. The Kier molecular flexibility index (Phi) is 4.93. The fourth-order valence-electron chi connectivity index (χ4n) is 4.42. The molecule has 1 N–H and O–H groups in total. The number of phenolic OH excluding ortho intramolecular Hbond substituents is 1. The zero-order chi connectivity index (χ0) is 23.3. The molecular weight excluding hydrogens is 418 g/mol. The Morgan fingerprint density at radius 1 is 1.03 bits per heavy atom. The predicted molar refractivity (Wildman–Crippen MR) is 126 cm³/mol. The summed E-state index contributed by atoms with van der Waals surface area (Å²) in [6.45, 7) is 3.97. The fourth-order valence-corrected chi connectivity index (χ4v) is 4.42. The molecule has 0 saturated heterocycles. The highest BCUT2D eigenvalue weighted by atomic mass is 16.5. The number of carbonyl (C=O) groups excluding carboxylic acids is 1. The molecule has 1 amide bonds. The van der Waals surface area contributed by atoms with Gasteiger partial charge in [0, 0.05) is 5.69 Å². The van der Waals surface area contributed by atoms with Crippen LogP contribution in [0.4, 0.5) is 5.69 Å². The highest BCUT2D eigenvalue weighted by Gasteiger charge is 2.43. The van der Waals surface area contributed by atoms with Crippen LogP contribution < -0.4 is 15.1 Å². The lowest BCUT2D eigenvalue weighted by atomic mass is 9.97. The van der Waals surface area contributed by atoms with E-state index in [4.69, 9.17) is 9.15 Å². The van der Waals surface area contributed by atoms with Gasteiger partial charge >= 0.3 is 0 Å². The molecule has 2 heterocycles.